The number of aromatic nitrogens is 1. The molecule has 0 spiro atoms. The van der Waals surface area contributed by atoms with Gasteiger partial charge in [-0.15, -0.1) is 0 Å². The fourth-order valence-corrected chi connectivity index (χ4v) is 2.70. The van der Waals surface area contributed by atoms with Crippen molar-refractivity contribution >= 4 is 33.3 Å². The predicted molar refractivity (Wildman–Crippen MR) is 71.9 cm³/mol. The molecule has 1 aliphatic rings. The zero-order valence-corrected chi connectivity index (χ0v) is 11.9. The van der Waals surface area contributed by atoms with Crippen molar-refractivity contribution in [3.8, 4) is 0 Å². The summed E-state index contributed by atoms with van der Waals surface area (Å²) in [5, 5.41) is 4.06. The van der Waals surface area contributed by atoms with Gasteiger partial charge in [0.05, 0.1) is 9.50 Å². The van der Waals surface area contributed by atoms with Gasteiger partial charge in [0, 0.05) is 12.7 Å². The van der Waals surface area contributed by atoms with Crippen molar-refractivity contribution in [2.75, 3.05) is 11.9 Å². The molecule has 1 saturated carbocycles. The molecule has 1 N–H and O–H groups in total. The van der Waals surface area contributed by atoms with Gasteiger partial charge < -0.3 is 5.32 Å². The van der Waals surface area contributed by atoms with E-state index in [0.717, 1.165) is 22.8 Å². The SMILES string of the molecule is CC(C)C1(CNc2ncc(Cl)cc2Br)CC1. The average Bonchev–Trinajstić information content (AvgIpc) is 2.97. The molecular weight excluding hydrogens is 288 g/mol. The van der Waals surface area contributed by atoms with Gasteiger partial charge in [0.15, 0.2) is 0 Å². The molecule has 1 fully saturated rings. The van der Waals surface area contributed by atoms with Crippen LogP contribution in [-0.2, 0) is 0 Å². The van der Waals surface area contributed by atoms with Crippen molar-refractivity contribution in [3.63, 3.8) is 0 Å². The van der Waals surface area contributed by atoms with Gasteiger partial charge in [0.1, 0.15) is 5.82 Å². The summed E-state index contributed by atoms with van der Waals surface area (Å²) in [6.07, 6.45) is 4.31. The molecular formula is C12H16BrClN2. The van der Waals surface area contributed by atoms with Gasteiger partial charge >= 0.3 is 0 Å². The minimum Gasteiger partial charge on any atom is -0.369 e. The number of anilines is 1. The maximum absolute atomic E-state index is 5.85. The van der Waals surface area contributed by atoms with E-state index in [1.807, 2.05) is 6.07 Å². The molecule has 4 heteroatoms. The van der Waals surface area contributed by atoms with Crippen molar-refractivity contribution in [3.05, 3.63) is 21.8 Å². The second-order valence-corrected chi connectivity index (χ2v) is 6.15. The second kappa shape index (κ2) is 4.53. The summed E-state index contributed by atoms with van der Waals surface area (Å²) in [7, 11) is 0. The fourth-order valence-electron chi connectivity index (χ4n) is 1.92. The average molecular weight is 304 g/mol. The minimum absolute atomic E-state index is 0.487. The molecule has 16 heavy (non-hydrogen) atoms. The normalized spacial score (nSPS) is 17.6. The van der Waals surface area contributed by atoms with E-state index in [1.165, 1.54) is 12.8 Å². The second-order valence-electron chi connectivity index (χ2n) is 4.85. The van der Waals surface area contributed by atoms with Gasteiger partial charge in [-0.05, 0) is 46.2 Å². The maximum Gasteiger partial charge on any atom is 0.140 e. The van der Waals surface area contributed by atoms with Crippen LogP contribution < -0.4 is 5.32 Å². The predicted octanol–water partition coefficient (Wildman–Crippen LogP) is 4.35. The fraction of sp³-hybridized carbons (Fsp3) is 0.583. The first-order valence-corrected chi connectivity index (χ1v) is 6.75. The number of pyridine rings is 1. The summed E-state index contributed by atoms with van der Waals surface area (Å²) >= 11 is 9.31. The molecule has 0 unspecified atom stereocenters. The van der Waals surface area contributed by atoms with Crippen LogP contribution in [0.2, 0.25) is 5.02 Å². The Bertz CT molecular complexity index is 389. The summed E-state index contributed by atoms with van der Waals surface area (Å²) < 4.78 is 0.930. The van der Waals surface area contributed by atoms with Gasteiger partial charge in [-0.2, -0.15) is 0 Å². The zero-order chi connectivity index (χ0) is 11.8. The van der Waals surface area contributed by atoms with Crippen LogP contribution in [0.25, 0.3) is 0 Å². The smallest absolute Gasteiger partial charge is 0.140 e. The van der Waals surface area contributed by atoms with E-state index >= 15 is 0 Å². The zero-order valence-electron chi connectivity index (χ0n) is 9.56. The van der Waals surface area contributed by atoms with Crippen molar-refractivity contribution in [2.24, 2.45) is 11.3 Å². The van der Waals surface area contributed by atoms with Crippen LogP contribution in [0.3, 0.4) is 0 Å². The molecule has 1 aliphatic carbocycles. The summed E-state index contributed by atoms with van der Waals surface area (Å²) in [4.78, 5) is 4.28. The van der Waals surface area contributed by atoms with Gasteiger partial charge in [-0.25, -0.2) is 4.98 Å². The van der Waals surface area contributed by atoms with Crippen LogP contribution in [0.1, 0.15) is 26.7 Å². The number of rotatable bonds is 4. The van der Waals surface area contributed by atoms with Crippen LogP contribution >= 0.6 is 27.5 Å². The van der Waals surface area contributed by atoms with Gasteiger partial charge in [-0.3, -0.25) is 0 Å². The van der Waals surface area contributed by atoms with Crippen LogP contribution in [0.15, 0.2) is 16.7 Å². The van der Waals surface area contributed by atoms with Gasteiger partial charge in [-0.1, -0.05) is 25.4 Å². The van der Waals surface area contributed by atoms with E-state index in [2.05, 4.69) is 40.1 Å². The van der Waals surface area contributed by atoms with E-state index in [-0.39, 0.29) is 0 Å². The first-order valence-electron chi connectivity index (χ1n) is 5.58. The van der Waals surface area contributed by atoms with Gasteiger partial charge in [0.25, 0.3) is 0 Å². The lowest BCUT2D eigenvalue weighted by Gasteiger charge is -2.20. The van der Waals surface area contributed by atoms with Crippen molar-refractivity contribution in [1.82, 2.24) is 4.98 Å². The molecule has 0 atom stereocenters. The Kier molecular flexibility index (Phi) is 3.45. The van der Waals surface area contributed by atoms with E-state index in [0.29, 0.717) is 10.4 Å². The standard InChI is InChI=1S/C12H16BrClN2/c1-8(2)12(3-4-12)7-16-11-10(13)5-9(14)6-15-11/h5-6,8H,3-4,7H2,1-2H3,(H,15,16). The van der Waals surface area contributed by atoms with Crippen molar-refractivity contribution in [1.29, 1.82) is 0 Å². The van der Waals surface area contributed by atoms with Crippen molar-refractivity contribution in [2.45, 2.75) is 26.7 Å². The third-order valence-corrected chi connectivity index (χ3v) is 4.34. The first-order chi connectivity index (χ1) is 7.53. The maximum atomic E-state index is 5.85. The van der Waals surface area contributed by atoms with E-state index in [1.54, 1.807) is 6.20 Å². The Labute approximate surface area is 110 Å². The van der Waals surface area contributed by atoms with Crippen molar-refractivity contribution < 1.29 is 0 Å². The molecule has 1 aromatic heterocycles. The molecule has 0 bridgehead atoms. The Hall–Kier alpha value is -0.280. The highest BCUT2D eigenvalue weighted by Gasteiger charge is 2.45. The molecule has 0 saturated heterocycles. The number of hydrogen-bond donors (Lipinski definition) is 1. The number of halogens is 2. The Balaban J connectivity index is 2.00. The monoisotopic (exact) mass is 302 g/mol. The summed E-state index contributed by atoms with van der Waals surface area (Å²) in [5.41, 5.74) is 0.487. The molecule has 2 rings (SSSR count). The lowest BCUT2D eigenvalue weighted by Crippen LogP contribution is -2.21. The molecule has 0 radical (unpaired) electrons. The summed E-state index contributed by atoms with van der Waals surface area (Å²) in [5.74, 6) is 1.61. The topological polar surface area (TPSA) is 24.9 Å². The van der Waals surface area contributed by atoms with Crippen LogP contribution in [0.4, 0.5) is 5.82 Å². The first kappa shape index (κ1) is 12.2. The Morgan fingerprint density at radius 2 is 2.25 bits per heavy atom. The third-order valence-electron chi connectivity index (χ3n) is 3.53. The van der Waals surface area contributed by atoms with Gasteiger partial charge in [0.2, 0.25) is 0 Å². The highest BCUT2D eigenvalue weighted by molar-refractivity contribution is 9.10. The number of hydrogen-bond acceptors (Lipinski definition) is 2. The molecule has 1 heterocycles. The van der Waals surface area contributed by atoms with E-state index < -0.39 is 0 Å². The Morgan fingerprint density at radius 3 is 2.75 bits per heavy atom. The number of nitrogens with zero attached hydrogens (tertiary/aromatic N) is 1. The van der Waals surface area contributed by atoms with Crippen LogP contribution in [-0.4, -0.2) is 11.5 Å². The van der Waals surface area contributed by atoms with E-state index in [4.69, 9.17) is 11.6 Å². The molecule has 88 valence electrons. The van der Waals surface area contributed by atoms with Crippen LogP contribution in [0.5, 0.6) is 0 Å². The molecule has 0 amide bonds. The molecule has 1 aromatic rings. The summed E-state index contributed by atoms with van der Waals surface area (Å²) in [6, 6.07) is 1.87. The highest BCUT2D eigenvalue weighted by atomic mass is 79.9. The van der Waals surface area contributed by atoms with E-state index in [9.17, 15) is 0 Å². The third kappa shape index (κ3) is 2.51. The summed E-state index contributed by atoms with van der Waals surface area (Å²) in [6.45, 7) is 5.58. The number of nitrogens with one attached hydrogen (secondary N) is 1. The Morgan fingerprint density at radius 1 is 1.56 bits per heavy atom. The minimum atomic E-state index is 0.487. The quantitative estimate of drug-likeness (QED) is 0.894. The molecule has 2 nitrogen and oxygen atoms in total. The molecule has 0 aromatic carbocycles. The lowest BCUT2D eigenvalue weighted by molar-refractivity contribution is 0.380. The molecule has 0 aliphatic heterocycles. The largest absolute Gasteiger partial charge is 0.369 e. The van der Waals surface area contributed by atoms with Crippen LogP contribution in [0, 0.1) is 11.3 Å². The highest BCUT2D eigenvalue weighted by Crippen LogP contribution is 2.51. The lowest BCUT2D eigenvalue weighted by atomic mass is 9.92.